The van der Waals surface area contributed by atoms with E-state index in [-0.39, 0.29) is 46.7 Å². The van der Waals surface area contributed by atoms with Crippen LogP contribution in [0.15, 0.2) is 27.9 Å². The predicted molar refractivity (Wildman–Crippen MR) is 85.1 cm³/mol. The summed E-state index contributed by atoms with van der Waals surface area (Å²) in [4.78, 5) is 25.5. The van der Waals surface area contributed by atoms with Crippen LogP contribution in [0.1, 0.15) is 5.56 Å². The molecule has 1 aliphatic heterocycles. The maximum atomic E-state index is 13.8. The number of methoxy groups -OCH3 is 1. The van der Waals surface area contributed by atoms with E-state index in [1.165, 1.54) is 18.1 Å². The van der Waals surface area contributed by atoms with Gasteiger partial charge in [-0.3, -0.25) is 4.79 Å². The van der Waals surface area contributed by atoms with Crippen molar-refractivity contribution < 1.29 is 23.8 Å². The number of benzene rings is 1. The van der Waals surface area contributed by atoms with Crippen LogP contribution in [0.5, 0.6) is 0 Å². The number of esters is 1. The molecule has 0 bridgehead atoms. The number of halogens is 2. The molecule has 24 heavy (non-hydrogen) atoms. The van der Waals surface area contributed by atoms with Crippen molar-refractivity contribution in [2.24, 2.45) is 0 Å². The molecule has 1 aromatic rings. The fourth-order valence-corrected chi connectivity index (χ4v) is 2.57. The van der Waals surface area contributed by atoms with Gasteiger partial charge in [-0.15, -0.1) is 0 Å². The molecule has 0 aliphatic carbocycles. The Morgan fingerprint density at radius 3 is 2.88 bits per heavy atom. The maximum absolute atomic E-state index is 13.8. The summed E-state index contributed by atoms with van der Waals surface area (Å²) in [6, 6.07) is 4.20. The molecule has 1 aromatic carbocycles. The fourth-order valence-electron chi connectivity index (χ4n) is 2.23. The third kappa shape index (κ3) is 3.39. The highest BCUT2D eigenvalue weighted by atomic mass is 79.9. The molecule has 2 N–H and O–H groups in total. The van der Waals surface area contributed by atoms with E-state index in [2.05, 4.69) is 26.0 Å². The van der Waals surface area contributed by atoms with Gasteiger partial charge in [-0.05, 0) is 28.1 Å². The van der Waals surface area contributed by atoms with E-state index < -0.39 is 17.7 Å². The molecule has 0 spiro atoms. The second-order valence-corrected chi connectivity index (χ2v) is 5.70. The second kappa shape index (κ2) is 7.42. The van der Waals surface area contributed by atoms with Gasteiger partial charge in [-0.25, -0.2) is 9.18 Å². The lowest BCUT2D eigenvalue weighted by molar-refractivity contribution is -0.136. The Balaban J connectivity index is 2.45. The van der Waals surface area contributed by atoms with Crippen molar-refractivity contribution in [2.75, 3.05) is 32.1 Å². The van der Waals surface area contributed by atoms with Crippen LogP contribution in [-0.2, 0) is 14.3 Å². The highest BCUT2D eigenvalue weighted by molar-refractivity contribution is 9.10. The Hall–Kier alpha value is -2.44. The molecule has 0 fully saturated rings. The van der Waals surface area contributed by atoms with Gasteiger partial charge in [0.1, 0.15) is 17.6 Å². The SMILES string of the molecule is COC(=O)C1=C(Nc2cc(F)c(Br)cc2C#N)C(=O)N(CCO)C1. The number of carbonyl (C=O) groups is 2. The van der Waals surface area contributed by atoms with E-state index in [0.29, 0.717) is 0 Å². The Bertz CT molecular complexity index is 773. The number of amides is 1. The number of carbonyl (C=O) groups excluding carboxylic acids is 2. The van der Waals surface area contributed by atoms with E-state index in [1.54, 1.807) is 0 Å². The molecule has 0 atom stereocenters. The van der Waals surface area contributed by atoms with E-state index in [0.717, 1.165) is 6.07 Å². The van der Waals surface area contributed by atoms with Crippen molar-refractivity contribution in [3.63, 3.8) is 0 Å². The zero-order valence-corrected chi connectivity index (χ0v) is 14.2. The number of anilines is 1. The highest BCUT2D eigenvalue weighted by Crippen LogP contribution is 2.28. The first kappa shape index (κ1) is 17.9. The van der Waals surface area contributed by atoms with Crippen LogP contribution in [0.4, 0.5) is 10.1 Å². The lowest BCUT2D eigenvalue weighted by atomic mass is 10.1. The van der Waals surface area contributed by atoms with Crippen molar-refractivity contribution in [3.05, 3.63) is 39.3 Å². The topological polar surface area (TPSA) is 103 Å². The smallest absolute Gasteiger partial charge is 0.337 e. The number of aliphatic hydroxyl groups is 1. The van der Waals surface area contributed by atoms with Crippen LogP contribution < -0.4 is 5.32 Å². The molecule has 0 saturated heterocycles. The largest absolute Gasteiger partial charge is 0.466 e. The predicted octanol–water partition coefficient (Wildman–Crippen LogP) is 1.13. The summed E-state index contributed by atoms with van der Waals surface area (Å²) in [5, 5.41) is 20.8. The number of nitriles is 1. The molecule has 1 aliphatic rings. The summed E-state index contributed by atoms with van der Waals surface area (Å²) in [6.07, 6.45) is 0. The zero-order valence-electron chi connectivity index (χ0n) is 12.6. The van der Waals surface area contributed by atoms with Gasteiger partial charge >= 0.3 is 5.97 Å². The van der Waals surface area contributed by atoms with Crippen LogP contribution in [-0.4, -0.2) is 48.7 Å². The van der Waals surface area contributed by atoms with Gasteiger partial charge < -0.3 is 20.1 Å². The minimum atomic E-state index is -0.720. The summed E-state index contributed by atoms with van der Waals surface area (Å²) in [6.45, 7) is -0.288. The number of nitrogens with one attached hydrogen (secondary N) is 1. The number of rotatable bonds is 5. The quantitative estimate of drug-likeness (QED) is 0.722. The van der Waals surface area contributed by atoms with Crippen molar-refractivity contribution in [2.45, 2.75) is 0 Å². The average Bonchev–Trinajstić information content (AvgIpc) is 2.87. The number of β-amino-alcohol motifs (C(OH)–C–C–N with tert-alkyl or cyclic N) is 1. The number of hydrogen-bond donors (Lipinski definition) is 2. The Morgan fingerprint density at radius 2 is 2.29 bits per heavy atom. The third-order valence-electron chi connectivity index (χ3n) is 3.39. The number of nitrogens with zero attached hydrogens (tertiary/aromatic N) is 2. The molecule has 126 valence electrons. The monoisotopic (exact) mass is 397 g/mol. The molecular formula is C15H13BrFN3O4. The Morgan fingerprint density at radius 1 is 1.58 bits per heavy atom. The summed E-state index contributed by atoms with van der Waals surface area (Å²) in [5.74, 6) is -1.89. The molecule has 7 nitrogen and oxygen atoms in total. The van der Waals surface area contributed by atoms with Crippen LogP contribution >= 0.6 is 15.9 Å². The van der Waals surface area contributed by atoms with E-state index in [9.17, 15) is 14.0 Å². The fraction of sp³-hybridized carbons (Fsp3) is 0.267. The highest BCUT2D eigenvalue weighted by Gasteiger charge is 2.34. The van der Waals surface area contributed by atoms with Crippen molar-refractivity contribution in [3.8, 4) is 6.07 Å². The zero-order chi connectivity index (χ0) is 17.9. The van der Waals surface area contributed by atoms with Crippen LogP contribution in [0.25, 0.3) is 0 Å². The Kier molecular flexibility index (Phi) is 5.54. The summed E-state index contributed by atoms with van der Waals surface area (Å²) >= 11 is 2.98. The first-order valence-electron chi connectivity index (χ1n) is 6.80. The minimum Gasteiger partial charge on any atom is -0.466 e. The van der Waals surface area contributed by atoms with E-state index in [4.69, 9.17) is 10.4 Å². The summed E-state index contributed by atoms with van der Waals surface area (Å²) in [7, 11) is 1.17. The molecule has 1 heterocycles. The standard InChI is InChI=1S/C15H13BrFN3O4/c1-24-15(23)9-7-20(2-3-21)14(22)13(9)19-12-5-11(17)10(16)4-8(12)6-18/h4-5,19,21H,2-3,7H2,1H3. The normalized spacial score (nSPS) is 14.0. The maximum Gasteiger partial charge on any atom is 0.337 e. The van der Waals surface area contributed by atoms with Gasteiger partial charge in [0.2, 0.25) is 0 Å². The van der Waals surface area contributed by atoms with Crippen molar-refractivity contribution in [1.82, 2.24) is 4.90 Å². The third-order valence-corrected chi connectivity index (χ3v) is 4.00. The van der Waals surface area contributed by atoms with E-state index >= 15 is 0 Å². The lowest BCUT2D eigenvalue weighted by Gasteiger charge is -2.15. The number of aliphatic hydroxyl groups excluding tert-OH is 1. The molecule has 0 radical (unpaired) electrons. The molecule has 0 unspecified atom stereocenters. The van der Waals surface area contributed by atoms with Gasteiger partial charge in [-0.1, -0.05) is 0 Å². The van der Waals surface area contributed by atoms with Gasteiger partial charge in [-0.2, -0.15) is 5.26 Å². The summed E-state index contributed by atoms with van der Waals surface area (Å²) < 4.78 is 18.5. The molecule has 1 amide bonds. The summed E-state index contributed by atoms with van der Waals surface area (Å²) in [5.41, 5.74) is 0.0823. The first-order chi connectivity index (χ1) is 11.4. The molecule has 2 rings (SSSR count). The molecular weight excluding hydrogens is 385 g/mol. The molecule has 0 aromatic heterocycles. The van der Waals surface area contributed by atoms with E-state index in [1.807, 2.05) is 6.07 Å². The number of ether oxygens (including phenoxy) is 1. The van der Waals surface area contributed by atoms with Crippen LogP contribution in [0, 0.1) is 17.1 Å². The van der Waals surface area contributed by atoms with Crippen molar-refractivity contribution in [1.29, 1.82) is 5.26 Å². The van der Waals surface area contributed by atoms with Crippen LogP contribution in [0.2, 0.25) is 0 Å². The van der Waals surface area contributed by atoms with Crippen LogP contribution in [0.3, 0.4) is 0 Å². The molecule has 0 saturated carbocycles. The average molecular weight is 398 g/mol. The lowest BCUT2D eigenvalue weighted by Crippen LogP contribution is -2.31. The minimum absolute atomic E-state index is 0.0321. The first-order valence-corrected chi connectivity index (χ1v) is 7.60. The Labute approximate surface area is 145 Å². The van der Waals surface area contributed by atoms with Gasteiger partial charge in [0.25, 0.3) is 5.91 Å². The molecule has 9 heteroatoms. The van der Waals surface area contributed by atoms with Gasteiger partial charge in [0, 0.05) is 6.54 Å². The van der Waals surface area contributed by atoms with Crippen molar-refractivity contribution >= 4 is 33.5 Å². The second-order valence-electron chi connectivity index (χ2n) is 4.84. The number of hydrogen-bond acceptors (Lipinski definition) is 6. The van der Waals surface area contributed by atoms with Gasteiger partial charge in [0.05, 0.1) is 41.6 Å². The van der Waals surface area contributed by atoms with Gasteiger partial charge in [0.15, 0.2) is 0 Å².